The maximum Gasteiger partial charge on any atom is 0.128 e. The van der Waals surface area contributed by atoms with Crippen molar-refractivity contribution in [2.45, 2.75) is 6.54 Å². The van der Waals surface area contributed by atoms with Gasteiger partial charge in [-0.1, -0.05) is 18.2 Å². The molecule has 0 heterocycles. The van der Waals surface area contributed by atoms with Crippen LogP contribution in [0.15, 0.2) is 42.5 Å². The lowest BCUT2D eigenvalue weighted by Crippen LogP contribution is -2.18. The molecule has 0 aliphatic rings. The van der Waals surface area contributed by atoms with E-state index < -0.39 is 0 Å². The highest BCUT2D eigenvalue weighted by molar-refractivity contribution is 14.1. The predicted octanol–water partition coefficient (Wildman–Crippen LogP) is 3.65. The van der Waals surface area contributed by atoms with E-state index in [0.717, 1.165) is 14.9 Å². The predicted molar refractivity (Wildman–Crippen MR) is 82.1 cm³/mol. The Kier molecular flexibility index (Phi) is 4.06. The van der Waals surface area contributed by atoms with E-state index in [1.807, 2.05) is 36.2 Å². The number of nitrogens with two attached hydrogens (primary N) is 1. The second-order valence-electron chi connectivity index (χ2n) is 4.16. The van der Waals surface area contributed by atoms with Crippen molar-refractivity contribution in [3.05, 3.63) is 57.4 Å². The number of halogens is 2. The van der Waals surface area contributed by atoms with Crippen molar-refractivity contribution in [1.29, 1.82) is 0 Å². The molecule has 0 radical (unpaired) electrons. The Bertz CT molecular complexity index is 557. The topological polar surface area (TPSA) is 29.3 Å². The van der Waals surface area contributed by atoms with Crippen LogP contribution in [-0.4, -0.2) is 7.05 Å². The van der Waals surface area contributed by atoms with E-state index in [1.54, 1.807) is 12.1 Å². The van der Waals surface area contributed by atoms with Gasteiger partial charge in [0.25, 0.3) is 0 Å². The van der Waals surface area contributed by atoms with Gasteiger partial charge in [-0.3, -0.25) is 0 Å². The van der Waals surface area contributed by atoms with Crippen LogP contribution in [0.4, 0.5) is 15.8 Å². The van der Waals surface area contributed by atoms with Gasteiger partial charge in [-0.2, -0.15) is 0 Å². The maximum absolute atomic E-state index is 13.6. The average molecular weight is 356 g/mol. The molecule has 2 aromatic rings. The summed E-state index contributed by atoms with van der Waals surface area (Å²) in [5.74, 6) is -0.171. The van der Waals surface area contributed by atoms with Gasteiger partial charge in [0.1, 0.15) is 5.82 Å². The van der Waals surface area contributed by atoms with Crippen molar-refractivity contribution < 1.29 is 4.39 Å². The molecule has 0 atom stereocenters. The van der Waals surface area contributed by atoms with Gasteiger partial charge in [0.05, 0.1) is 5.69 Å². The van der Waals surface area contributed by atoms with Crippen molar-refractivity contribution >= 4 is 34.0 Å². The normalized spacial score (nSPS) is 10.4. The molecule has 94 valence electrons. The Balaban J connectivity index is 2.22. The third-order valence-corrected chi connectivity index (χ3v) is 3.61. The summed E-state index contributed by atoms with van der Waals surface area (Å²) in [5.41, 5.74) is 8.20. The van der Waals surface area contributed by atoms with Crippen LogP contribution in [0, 0.1) is 9.39 Å². The second-order valence-corrected chi connectivity index (χ2v) is 5.32. The largest absolute Gasteiger partial charge is 0.399 e. The molecule has 18 heavy (non-hydrogen) atoms. The molecule has 0 bridgehead atoms. The Morgan fingerprint density at radius 2 is 1.94 bits per heavy atom. The molecule has 2 nitrogen and oxygen atoms in total. The number of hydrogen-bond acceptors (Lipinski definition) is 2. The zero-order valence-electron chi connectivity index (χ0n) is 10.0. The Hall–Kier alpha value is -1.30. The van der Waals surface area contributed by atoms with Crippen LogP contribution in [0.1, 0.15) is 5.56 Å². The Labute approximate surface area is 120 Å². The van der Waals surface area contributed by atoms with Gasteiger partial charge in [0.15, 0.2) is 0 Å². The zero-order valence-corrected chi connectivity index (χ0v) is 12.2. The molecule has 0 saturated heterocycles. The van der Waals surface area contributed by atoms with E-state index >= 15 is 0 Å². The van der Waals surface area contributed by atoms with Crippen molar-refractivity contribution in [2.24, 2.45) is 0 Å². The summed E-state index contributed by atoms with van der Waals surface area (Å²) in [6.45, 7) is 0.534. The van der Waals surface area contributed by atoms with E-state index in [9.17, 15) is 4.39 Å². The molecule has 0 saturated carbocycles. The molecular formula is C14H14FIN2. The van der Waals surface area contributed by atoms with Crippen LogP contribution in [-0.2, 0) is 6.54 Å². The quantitative estimate of drug-likeness (QED) is 0.672. The lowest BCUT2D eigenvalue weighted by atomic mass is 10.2. The van der Waals surface area contributed by atoms with Crippen LogP contribution >= 0.6 is 22.6 Å². The highest BCUT2D eigenvalue weighted by Crippen LogP contribution is 2.25. The third-order valence-electron chi connectivity index (χ3n) is 2.75. The van der Waals surface area contributed by atoms with Crippen LogP contribution in [0.5, 0.6) is 0 Å². The van der Waals surface area contributed by atoms with Crippen molar-refractivity contribution in [2.75, 3.05) is 17.7 Å². The number of hydrogen-bond donors (Lipinski definition) is 1. The summed E-state index contributed by atoms with van der Waals surface area (Å²) in [7, 11) is 1.94. The molecule has 2 aromatic carbocycles. The lowest BCUT2D eigenvalue weighted by Gasteiger charge is -2.21. The Morgan fingerprint density at radius 3 is 2.61 bits per heavy atom. The van der Waals surface area contributed by atoms with Gasteiger partial charge in [-0.05, 0) is 46.9 Å². The minimum absolute atomic E-state index is 0.171. The van der Waals surface area contributed by atoms with Gasteiger partial charge < -0.3 is 10.6 Å². The molecule has 0 fully saturated rings. The van der Waals surface area contributed by atoms with Crippen LogP contribution in [0.25, 0.3) is 0 Å². The van der Waals surface area contributed by atoms with Crippen LogP contribution in [0.2, 0.25) is 0 Å². The molecule has 0 aliphatic carbocycles. The lowest BCUT2D eigenvalue weighted by molar-refractivity contribution is 0.608. The summed E-state index contributed by atoms with van der Waals surface area (Å²) in [6.07, 6.45) is 0. The molecular weight excluding hydrogens is 342 g/mol. The number of nitrogens with zero attached hydrogens (tertiary/aromatic N) is 1. The van der Waals surface area contributed by atoms with Crippen LogP contribution < -0.4 is 10.6 Å². The van der Waals surface area contributed by atoms with E-state index in [1.165, 1.54) is 6.07 Å². The molecule has 0 aliphatic heterocycles. The fourth-order valence-electron chi connectivity index (χ4n) is 1.80. The molecule has 0 spiro atoms. The van der Waals surface area contributed by atoms with E-state index in [0.29, 0.717) is 12.1 Å². The number of anilines is 2. The second kappa shape index (κ2) is 5.56. The summed E-state index contributed by atoms with van der Waals surface area (Å²) < 4.78 is 14.6. The molecule has 0 amide bonds. The number of nitrogen functional groups attached to an aromatic ring is 1. The molecule has 2 rings (SSSR count). The van der Waals surface area contributed by atoms with Gasteiger partial charge in [0, 0.05) is 28.4 Å². The summed E-state index contributed by atoms with van der Waals surface area (Å²) >= 11 is 2.24. The molecule has 2 N–H and O–H groups in total. The maximum atomic E-state index is 13.6. The number of rotatable bonds is 3. The van der Waals surface area contributed by atoms with Gasteiger partial charge >= 0.3 is 0 Å². The number of benzene rings is 2. The highest BCUT2D eigenvalue weighted by atomic mass is 127. The SMILES string of the molecule is CN(Cc1ccccc1F)c1ccc(N)cc1I. The van der Waals surface area contributed by atoms with Crippen molar-refractivity contribution in [3.63, 3.8) is 0 Å². The molecule has 4 heteroatoms. The van der Waals surface area contributed by atoms with E-state index in [-0.39, 0.29) is 5.82 Å². The average Bonchev–Trinajstić information content (AvgIpc) is 2.32. The van der Waals surface area contributed by atoms with Crippen molar-refractivity contribution in [1.82, 2.24) is 0 Å². The summed E-state index contributed by atoms with van der Waals surface area (Å²) in [5, 5.41) is 0. The Morgan fingerprint density at radius 1 is 1.22 bits per heavy atom. The van der Waals surface area contributed by atoms with E-state index in [4.69, 9.17) is 5.73 Å². The minimum atomic E-state index is -0.171. The minimum Gasteiger partial charge on any atom is -0.399 e. The van der Waals surface area contributed by atoms with Gasteiger partial charge in [-0.25, -0.2) is 4.39 Å². The first kappa shape index (κ1) is 13.1. The smallest absolute Gasteiger partial charge is 0.128 e. The first-order chi connectivity index (χ1) is 8.58. The molecule has 0 unspecified atom stereocenters. The van der Waals surface area contributed by atoms with Crippen LogP contribution in [0.3, 0.4) is 0 Å². The molecule has 0 aromatic heterocycles. The first-order valence-electron chi connectivity index (χ1n) is 5.57. The fraction of sp³-hybridized carbons (Fsp3) is 0.143. The summed E-state index contributed by atoms with van der Waals surface area (Å²) in [6, 6.07) is 12.6. The summed E-state index contributed by atoms with van der Waals surface area (Å²) in [4.78, 5) is 2.01. The van der Waals surface area contributed by atoms with Gasteiger partial charge in [-0.15, -0.1) is 0 Å². The van der Waals surface area contributed by atoms with E-state index in [2.05, 4.69) is 22.6 Å². The fourth-order valence-corrected chi connectivity index (χ4v) is 2.75. The zero-order chi connectivity index (χ0) is 13.1. The van der Waals surface area contributed by atoms with Crippen molar-refractivity contribution in [3.8, 4) is 0 Å². The third kappa shape index (κ3) is 2.93. The van der Waals surface area contributed by atoms with Gasteiger partial charge in [0.2, 0.25) is 0 Å². The first-order valence-corrected chi connectivity index (χ1v) is 6.65. The standard InChI is InChI=1S/C14H14FIN2/c1-18(9-10-4-2-3-5-12(10)15)14-7-6-11(17)8-13(14)16/h2-8H,9,17H2,1H3. The monoisotopic (exact) mass is 356 g/mol. The highest BCUT2D eigenvalue weighted by Gasteiger charge is 2.09.